The van der Waals surface area contributed by atoms with Crippen molar-refractivity contribution in [2.24, 2.45) is 0 Å². The number of carbonyl (C=O) groups excluding carboxylic acids is 1. The maximum atomic E-state index is 12.1. The smallest absolute Gasteiger partial charge is 0.434 e. The summed E-state index contributed by atoms with van der Waals surface area (Å²) in [6.07, 6.45) is -11.1. The number of hydrogen-bond donors (Lipinski definition) is 0. The number of ether oxygens (including phenoxy) is 1. The number of halogens is 6. The number of unbranched alkanes of at least 4 members (excludes halogenated alkanes) is 4. The van der Waals surface area contributed by atoms with E-state index in [1.54, 1.807) is 6.08 Å². The Hall–Kier alpha value is -1.21. The van der Waals surface area contributed by atoms with E-state index in [4.69, 9.17) is 0 Å². The molecular weight excluding hydrogens is 290 g/mol. The van der Waals surface area contributed by atoms with Gasteiger partial charge in [0.1, 0.15) is 0 Å². The van der Waals surface area contributed by atoms with Crippen LogP contribution in [-0.4, -0.2) is 24.4 Å². The van der Waals surface area contributed by atoms with Crippen LogP contribution in [0.2, 0.25) is 0 Å². The number of carbonyl (C=O) groups is 1. The fourth-order valence-corrected chi connectivity index (χ4v) is 1.42. The number of alkyl halides is 6. The number of esters is 1. The lowest BCUT2D eigenvalue weighted by Crippen LogP contribution is -2.45. The summed E-state index contributed by atoms with van der Waals surface area (Å²) < 4.78 is 76.1. The van der Waals surface area contributed by atoms with Gasteiger partial charge in [-0.3, -0.25) is 4.79 Å². The summed E-state index contributed by atoms with van der Waals surface area (Å²) in [5, 5.41) is 0. The molecule has 20 heavy (non-hydrogen) atoms. The second-order valence-electron chi connectivity index (χ2n) is 4.19. The lowest BCUT2D eigenvalue weighted by molar-refractivity contribution is -0.313. The van der Waals surface area contributed by atoms with Gasteiger partial charge in [0, 0.05) is 6.42 Å². The van der Waals surface area contributed by atoms with E-state index in [-0.39, 0.29) is 6.42 Å². The van der Waals surface area contributed by atoms with Gasteiger partial charge < -0.3 is 4.74 Å². The Kier molecular flexibility index (Phi) is 7.67. The minimum atomic E-state index is -5.65. The molecule has 0 rings (SSSR count). The van der Waals surface area contributed by atoms with Crippen molar-refractivity contribution in [3.8, 4) is 0 Å². The molecule has 8 heteroatoms. The van der Waals surface area contributed by atoms with Gasteiger partial charge in [-0.15, -0.1) is 6.58 Å². The van der Waals surface area contributed by atoms with E-state index in [2.05, 4.69) is 11.3 Å². The van der Waals surface area contributed by atoms with Crippen LogP contribution in [0.1, 0.15) is 38.5 Å². The first-order valence-corrected chi connectivity index (χ1v) is 6.03. The Bertz CT molecular complexity index is 294. The summed E-state index contributed by atoms with van der Waals surface area (Å²) in [7, 11) is 0. The minimum absolute atomic E-state index is 0.193. The molecule has 0 unspecified atom stereocenters. The Balaban J connectivity index is 4.13. The summed E-state index contributed by atoms with van der Waals surface area (Å²) in [5.41, 5.74) is 0. The highest BCUT2D eigenvalue weighted by Crippen LogP contribution is 2.35. The van der Waals surface area contributed by atoms with Crippen molar-refractivity contribution >= 4 is 5.97 Å². The summed E-state index contributed by atoms with van der Waals surface area (Å²) in [4.78, 5) is 11.0. The zero-order chi connectivity index (χ0) is 15.8. The molecule has 2 nitrogen and oxygen atoms in total. The molecule has 0 atom stereocenters. The van der Waals surface area contributed by atoms with Gasteiger partial charge in [-0.1, -0.05) is 18.9 Å². The molecule has 0 fully saturated rings. The number of allylic oxidation sites excluding steroid dienone is 1. The average Bonchev–Trinajstić information content (AvgIpc) is 2.27. The van der Waals surface area contributed by atoms with Crippen LogP contribution < -0.4 is 0 Å². The van der Waals surface area contributed by atoms with Gasteiger partial charge in [0.15, 0.2) is 0 Å². The van der Waals surface area contributed by atoms with E-state index in [0.29, 0.717) is 6.42 Å². The fraction of sp³-hybridized carbons (Fsp3) is 0.750. The Morgan fingerprint density at radius 2 is 1.50 bits per heavy atom. The summed E-state index contributed by atoms with van der Waals surface area (Å²) >= 11 is 0. The lowest BCUT2D eigenvalue weighted by atomic mass is 10.1. The molecule has 0 aliphatic carbocycles. The maximum Gasteiger partial charge on any atom is 0.434 e. The van der Waals surface area contributed by atoms with E-state index in [9.17, 15) is 31.1 Å². The van der Waals surface area contributed by atoms with E-state index >= 15 is 0 Å². The van der Waals surface area contributed by atoms with E-state index in [1.165, 1.54) is 0 Å². The normalized spacial score (nSPS) is 12.6. The van der Waals surface area contributed by atoms with E-state index in [0.717, 1.165) is 19.3 Å². The van der Waals surface area contributed by atoms with Gasteiger partial charge in [0.25, 0.3) is 6.10 Å². The third kappa shape index (κ3) is 8.06. The van der Waals surface area contributed by atoms with E-state index in [1.807, 2.05) is 0 Å². The van der Waals surface area contributed by atoms with Gasteiger partial charge >= 0.3 is 18.3 Å². The van der Waals surface area contributed by atoms with Crippen molar-refractivity contribution in [2.45, 2.75) is 57.0 Å². The first kappa shape index (κ1) is 18.8. The first-order valence-electron chi connectivity index (χ1n) is 6.03. The van der Waals surface area contributed by atoms with E-state index < -0.39 is 30.8 Å². The largest absolute Gasteiger partial charge is 0.443 e. The number of hydrogen-bond acceptors (Lipinski definition) is 2. The van der Waals surface area contributed by atoms with Crippen molar-refractivity contribution in [2.75, 3.05) is 0 Å². The molecule has 0 radical (unpaired) electrons. The monoisotopic (exact) mass is 306 g/mol. The zero-order valence-electron chi connectivity index (χ0n) is 10.7. The highest BCUT2D eigenvalue weighted by Gasteiger charge is 2.59. The SMILES string of the molecule is C=CCCCCCCC(=O)OC(C(F)(F)F)C(F)(F)F. The summed E-state index contributed by atoms with van der Waals surface area (Å²) in [6, 6.07) is 0. The van der Waals surface area contributed by atoms with Crippen LogP contribution in [0.25, 0.3) is 0 Å². The molecular formula is C12H16F6O2. The van der Waals surface area contributed by atoms with Crippen LogP contribution >= 0.6 is 0 Å². The molecule has 0 saturated heterocycles. The molecule has 0 bridgehead atoms. The van der Waals surface area contributed by atoms with Crippen LogP contribution in [0.3, 0.4) is 0 Å². The van der Waals surface area contributed by atoms with Crippen LogP contribution in [0.5, 0.6) is 0 Å². The highest BCUT2D eigenvalue weighted by atomic mass is 19.4. The van der Waals surface area contributed by atoms with Crippen molar-refractivity contribution in [1.29, 1.82) is 0 Å². The Morgan fingerprint density at radius 1 is 1.00 bits per heavy atom. The predicted molar refractivity (Wildman–Crippen MR) is 59.9 cm³/mol. The Labute approximate surface area is 112 Å². The van der Waals surface area contributed by atoms with Gasteiger partial charge in [0.05, 0.1) is 0 Å². The van der Waals surface area contributed by atoms with Crippen LogP contribution in [0.15, 0.2) is 12.7 Å². The Morgan fingerprint density at radius 3 is 1.95 bits per heavy atom. The molecule has 0 aromatic rings. The molecule has 0 aromatic carbocycles. The van der Waals surface area contributed by atoms with Crippen LogP contribution in [0, 0.1) is 0 Å². The number of rotatable bonds is 8. The standard InChI is InChI=1S/C12H16F6O2/c1-2-3-4-5-6-7-8-9(19)20-10(11(13,14)15)12(16,17)18/h2,10H,1,3-8H2. The van der Waals surface area contributed by atoms with Gasteiger partial charge in [-0.25, -0.2) is 0 Å². The second-order valence-corrected chi connectivity index (χ2v) is 4.19. The maximum absolute atomic E-state index is 12.1. The fourth-order valence-electron chi connectivity index (χ4n) is 1.42. The highest BCUT2D eigenvalue weighted by molar-refractivity contribution is 5.69. The van der Waals surface area contributed by atoms with Gasteiger partial charge in [-0.2, -0.15) is 26.3 Å². The molecule has 0 saturated carbocycles. The molecule has 118 valence electrons. The predicted octanol–water partition coefficient (Wildman–Crippen LogP) is 4.55. The van der Waals surface area contributed by atoms with Gasteiger partial charge in [0.2, 0.25) is 0 Å². The van der Waals surface area contributed by atoms with Gasteiger partial charge in [-0.05, 0) is 19.3 Å². The summed E-state index contributed by atoms with van der Waals surface area (Å²) in [6.45, 7) is 3.50. The van der Waals surface area contributed by atoms with Crippen LogP contribution in [0.4, 0.5) is 26.3 Å². The second kappa shape index (κ2) is 8.16. The third-order valence-electron chi connectivity index (χ3n) is 2.38. The molecule has 0 amide bonds. The molecule has 0 aliphatic heterocycles. The van der Waals surface area contributed by atoms with Crippen molar-refractivity contribution in [3.05, 3.63) is 12.7 Å². The first-order chi connectivity index (χ1) is 9.09. The molecule has 0 heterocycles. The average molecular weight is 306 g/mol. The van der Waals surface area contributed by atoms with Crippen molar-refractivity contribution in [3.63, 3.8) is 0 Å². The zero-order valence-corrected chi connectivity index (χ0v) is 10.7. The third-order valence-corrected chi connectivity index (χ3v) is 2.38. The van der Waals surface area contributed by atoms with Crippen molar-refractivity contribution < 1.29 is 35.9 Å². The van der Waals surface area contributed by atoms with Crippen molar-refractivity contribution in [1.82, 2.24) is 0 Å². The topological polar surface area (TPSA) is 26.3 Å². The molecule has 0 N–H and O–H groups in total. The quantitative estimate of drug-likeness (QED) is 0.285. The molecule has 0 spiro atoms. The minimum Gasteiger partial charge on any atom is -0.443 e. The van der Waals surface area contributed by atoms with Crippen LogP contribution in [-0.2, 0) is 9.53 Å². The summed E-state index contributed by atoms with van der Waals surface area (Å²) in [5.74, 6) is -1.49. The molecule has 0 aromatic heterocycles. The molecule has 0 aliphatic rings. The lowest BCUT2D eigenvalue weighted by Gasteiger charge is -2.22.